The Hall–Kier alpha value is -2.38. The first kappa shape index (κ1) is 17.0. The molecule has 2 nitrogen and oxygen atoms in total. The van der Waals surface area contributed by atoms with E-state index in [0.29, 0.717) is 6.07 Å². The number of phenols is 2. The molecule has 0 spiro atoms. The van der Waals surface area contributed by atoms with Gasteiger partial charge >= 0.3 is 12.4 Å². The van der Waals surface area contributed by atoms with Gasteiger partial charge in [-0.1, -0.05) is 18.2 Å². The number of rotatable bonds is 2. The molecule has 0 atom stereocenters. The minimum atomic E-state index is -5.32. The summed E-state index contributed by atoms with van der Waals surface area (Å²) in [6.07, 6.45) is -11.2. The highest BCUT2D eigenvalue weighted by atomic mass is 19.4. The van der Waals surface area contributed by atoms with E-state index in [1.54, 1.807) is 0 Å². The Morgan fingerprint density at radius 1 is 0.739 bits per heavy atom. The SMILES string of the molecule is Oc1ccccc1Cc1c(O)ccc(C(F)(F)F)c1C(F)(F)F. The van der Waals surface area contributed by atoms with E-state index in [-0.39, 0.29) is 17.4 Å². The Morgan fingerprint density at radius 2 is 1.35 bits per heavy atom. The normalized spacial score (nSPS) is 12.4. The zero-order chi connectivity index (χ0) is 17.4. The molecule has 0 aliphatic carbocycles. The molecule has 0 aliphatic rings. The summed E-state index contributed by atoms with van der Waals surface area (Å²) in [7, 11) is 0. The van der Waals surface area contributed by atoms with Crippen LogP contribution in [0.5, 0.6) is 11.5 Å². The number of hydrogen-bond acceptors (Lipinski definition) is 2. The van der Waals surface area contributed by atoms with Crippen molar-refractivity contribution < 1.29 is 36.6 Å². The minimum absolute atomic E-state index is 0.0346. The molecule has 2 rings (SSSR count). The third kappa shape index (κ3) is 3.52. The Bertz CT molecular complexity index is 719. The molecule has 0 aliphatic heterocycles. The van der Waals surface area contributed by atoms with E-state index in [9.17, 15) is 36.6 Å². The van der Waals surface area contributed by atoms with Gasteiger partial charge < -0.3 is 10.2 Å². The molecule has 0 fully saturated rings. The summed E-state index contributed by atoms with van der Waals surface area (Å²) < 4.78 is 78.1. The van der Waals surface area contributed by atoms with E-state index in [2.05, 4.69) is 0 Å². The molecular weight excluding hydrogens is 326 g/mol. The lowest BCUT2D eigenvalue weighted by molar-refractivity contribution is -0.162. The molecule has 0 radical (unpaired) electrons. The molecular formula is C15H10F6O2. The van der Waals surface area contributed by atoms with Gasteiger partial charge in [-0.15, -0.1) is 0 Å². The van der Waals surface area contributed by atoms with Gasteiger partial charge in [-0.25, -0.2) is 0 Å². The number of phenolic OH excluding ortho intramolecular Hbond substituents is 2. The Balaban J connectivity index is 2.69. The van der Waals surface area contributed by atoms with Crippen LogP contribution in [0.4, 0.5) is 26.3 Å². The smallest absolute Gasteiger partial charge is 0.417 e. The first-order chi connectivity index (χ1) is 10.5. The van der Waals surface area contributed by atoms with Gasteiger partial charge in [-0.05, 0) is 23.8 Å². The van der Waals surface area contributed by atoms with Gasteiger partial charge in [0.25, 0.3) is 0 Å². The van der Waals surface area contributed by atoms with Crippen molar-refractivity contribution >= 4 is 0 Å². The zero-order valence-corrected chi connectivity index (χ0v) is 11.3. The van der Waals surface area contributed by atoms with Crippen molar-refractivity contribution in [1.29, 1.82) is 0 Å². The summed E-state index contributed by atoms with van der Waals surface area (Å²) in [4.78, 5) is 0. The van der Waals surface area contributed by atoms with Crippen LogP contribution in [-0.2, 0) is 18.8 Å². The van der Waals surface area contributed by atoms with E-state index in [0.717, 1.165) is 0 Å². The van der Waals surface area contributed by atoms with Crippen LogP contribution in [0.3, 0.4) is 0 Å². The monoisotopic (exact) mass is 336 g/mol. The maximum absolute atomic E-state index is 13.1. The Kier molecular flexibility index (Phi) is 4.19. The van der Waals surface area contributed by atoms with E-state index in [4.69, 9.17) is 0 Å². The molecule has 0 aromatic heterocycles. The Labute approximate surface area is 126 Å². The van der Waals surface area contributed by atoms with Gasteiger partial charge in [0, 0.05) is 12.0 Å². The quantitative estimate of drug-likeness (QED) is 0.779. The minimum Gasteiger partial charge on any atom is -0.508 e. The molecule has 124 valence electrons. The second-order valence-electron chi connectivity index (χ2n) is 4.79. The highest BCUT2D eigenvalue weighted by Crippen LogP contribution is 2.45. The number of hydrogen-bond donors (Lipinski definition) is 2. The van der Waals surface area contributed by atoms with Crippen LogP contribution in [0.2, 0.25) is 0 Å². The largest absolute Gasteiger partial charge is 0.508 e. The first-order valence-electron chi connectivity index (χ1n) is 6.28. The average Bonchev–Trinajstić information content (AvgIpc) is 2.40. The second-order valence-corrected chi connectivity index (χ2v) is 4.79. The fourth-order valence-corrected chi connectivity index (χ4v) is 2.23. The van der Waals surface area contributed by atoms with Crippen molar-refractivity contribution in [1.82, 2.24) is 0 Å². The van der Waals surface area contributed by atoms with Crippen molar-refractivity contribution in [2.24, 2.45) is 0 Å². The van der Waals surface area contributed by atoms with Crippen molar-refractivity contribution in [2.75, 3.05) is 0 Å². The lowest BCUT2D eigenvalue weighted by atomic mass is 9.93. The standard InChI is InChI=1S/C15H10F6O2/c16-14(17,18)10-5-6-12(23)9(13(10)15(19,20)21)7-8-3-1-2-4-11(8)22/h1-6,22-23H,7H2. The number of benzene rings is 2. The molecule has 0 bridgehead atoms. The Morgan fingerprint density at radius 3 is 1.87 bits per heavy atom. The summed E-state index contributed by atoms with van der Waals surface area (Å²) in [6.45, 7) is 0. The lowest BCUT2D eigenvalue weighted by Crippen LogP contribution is -2.19. The summed E-state index contributed by atoms with van der Waals surface area (Å²) in [6, 6.07) is 6.02. The molecule has 2 aromatic rings. The third-order valence-corrected chi connectivity index (χ3v) is 3.24. The highest BCUT2D eigenvalue weighted by molar-refractivity contribution is 5.50. The van der Waals surface area contributed by atoms with Crippen LogP contribution in [0.1, 0.15) is 22.3 Å². The number of alkyl halides is 6. The summed E-state index contributed by atoms with van der Waals surface area (Å²) in [5.74, 6) is -1.30. The van der Waals surface area contributed by atoms with Crippen LogP contribution in [0.15, 0.2) is 36.4 Å². The summed E-state index contributed by atoms with van der Waals surface area (Å²) in [5.41, 5.74) is -4.80. The molecule has 0 amide bonds. The molecule has 0 saturated carbocycles. The van der Waals surface area contributed by atoms with E-state index < -0.39 is 41.2 Å². The highest BCUT2D eigenvalue weighted by Gasteiger charge is 2.45. The lowest BCUT2D eigenvalue weighted by Gasteiger charge is -2.20. The maximum Gasteiger partial charge on any atom is 0.417 e. The summed E-state index contributed by atoms with van der Waals surface area (Å²) in [5, 5.41) is 19.2. The average molecular weight is 336 g/mol. The van der Waals surface area contributed by atoms with Crippen LogP contribution < -0.4 is 0 Å². The third-order valence-electron chi connectivity index (χ3n) is 3.24. The van der Waals surface area contributed by atoms with Crippen LogP contribution in [0, 0.1) is 0 Å². The zero-order valence-electron chi connectivity index (χ0n) is 11.3. The van der Waals surface area contributed by atoms with Crippen molar-refractivity contribution in [2.45, 2.75) is 18.8 Å². The van der Waals surface area contributed by atoms with Crippen molar-refractivity contribution in [3.63, 3.8) is 0 Å². The first-order valence-corrected chi connectivity index (χ1v) is 6.28. The molecule has 23 heavy (non-hydrogen) atoms. The van der Waals surface area contributed by atoms with Crippen LogP contribution >= 0.6 is 0 Å². The fraction of sp³-hybridized carbons (Fsp3) is 0.200. The number of aromatic hydroxyl groups is 2. The van der Waals surface area contributed by atoms with Gasteiger partial charge in [-0.2, -0.15) is 26.3 Å². The van der Waals surface area contributed by atoms with Gasteiger partial charge in [0.2, 0.25) is 0 Å². The van der Waals surface area contributed by atoms with Crippen molar-refractivity contribution in [3.8, 4) is 11.5 Å². The maximum atomic E-state index is 13.1. The fourth-order valence-electron chi connectivity index (χ4n) is 2.23. The molecule has 0 unspecified atom stereocenters. The van der Waals surface area contributed by atoms with E-state index >= 15 is 0 Å². The topological polar surface area (TPSA) is 40.5 Å². The van der Waals surface area contributed by atoms with Gasteiger partial charge in [-0.3, -0.25) is 0 Å². The number of para-hydroxylation sites is 1. The predicted molar refractivity (Wildman–Crippen MR) is 69.0 cm³/mol. The van der Waals surface area contributed by atoms with E-state index in [1.807, 2.05) is 0 Å². The van der Waals surface area contributed by atoms with Gasteiger partial charge in [0.15, 0.2) is 0 Å². The molecule has 0 heterocycles. The van der Waals surface area contributed by atoms with Gasteiger partial charge in [0.1, 0.15) is 11.5 Å². The molecule has 2 N–H and O–H groups in total. The van der Waals surface area contributed by atoms with E-state index in [1.165, 1.54) is 24.3 Å². The predicted octanol–water partition coefficient (Wildman–Crippen LogP) is 4.73. The van der Waals surface area contributed by atoms with Crippen molar-refractivity contribution in [3.05, 3.63) is 58.7 Å². The molecule has 8 heteroatoms. The van der Waals surface area contributed by atoms with Crippen LogP contribution in [-0.4, -0.2) is 10.2 Å². The van der Waals surface area contributed by atoms with Gasteiger partial charge in [0.05, 0.1) is 11.1 Å². The molecule has 2 aromatic carbocycles. The number of halogens is 6. The summed E-state index contributed by atoms with van der Waals surface area (Å²) >= 11 is 0. The second kappa shape index (κ2) is 5.68. The molecule has 0 saturated heterocycles. The van der Waals surface area contributed by atoms with Crippen LogP contribution in [0.25, 0.3) is 0 Å².